The molecule has 2 unspecified atom stereocenters. The van der Waals surface area contributed by atoms with Crippen LogP contribution < -0.4 is 0 Å². The van der Waals surface area contributed by atoms with E-state index in [0.717, 1.165) is 0 Å². The highest BCUT2D eigenvalue weighted by Gasteiger charge is 2.44. The van der Waals surface area contributed by atoms with E-state index in [1.807, 2.05) is 0 Å². The first kappa shape index (κ1) is 7.59. The van der Waals surface area contributed by atoms with Crippen LogP contribution in [-0.4, -0.2) is 28.7 Å². The lowest BCUT2D eigenvalue weighted by Gasteiger charge is -2.27. The molecule has 11 heavy (non-hydrogen) atoms. The highest BCUT2D eigenvalue weighted by molar-refractivity contribution is 6.41. The van der Waals surface area contributed by atoms with Gasteiger partial charge >= 0.3 is 0 Å². The molecule has 0 amide bonds. The molecule has 0 N–H and O–H groups in total. The number of carbonyl (C=O) groups is 1. The maximum absolute atomic E-state index is 11.2. The third-order valence-corrected chi connectivity index (χ3v) is 2.85. The van der Waals surface area contributed by atoms with Crippen LogP contribution in [0.2, 0.25) is 0 Å². The van der Waals surface area contributed by atoms with Crippen molar-refractivity contribution in [2.45, 2.75) is 23.0 Å². The zero-order chi connectivity index (χ0) is 8.01. The van der Waals surface area contributed by atoms with Gasteiger partial charge < -0.3 is 4.74 Å². The van der Waals surface area contributed by atoms with Gasteiger partial charge in [-0.15, -0.1) is 23.2 Å². The Morgan fingerprint density at radius 3 is 2.09 bits per heavy atom. The second-order valence-corrected chi connectivity index (χ2v) is 3.60. The van der Waals surface area contributed by atoms with Crippen LogP contribution in [0, 0.1) is 0 Å². The smallest absolute Gasteiger partial charge is 0.174 e. The van der Waals surface area contributed by atoms with Gasteiger partial charge in [0, 0.05) is 0 Å². The van der Waals surface area contributed by atoms with Gasteiger partial charge in [0.05, 0.1) is 0 Å². The van der Waals surface area contributed by atoms with Crippen LogP contribution in [0.4, 0.5) is 0 Å². The molecule has 2 rings (SSSR count). The van der Waals surface area contributed by atoms with E-state index in [1.54, 1.807) is 12.2 Å². The highest BCUT2D eigenvalue weighted by Crippen LogP contribution is 2.31. The van der Waals surface area contributed by atoms with E-state index in [9.17, 15) is 4.79 Å². The van der Waals surface area contributed by atoms with Gasteiger partial charge in [0.2, 0.25) is 0 Å². The third kappa shape index (κ3) is 1.01. The maximum atomic E-state index is 11.2. The minimum Gasteiger partial charge on any atom is -0.363 e. The number of halogens is 2. The van der Waals surface area contributed by atoms with Gasteiger partial charge in [0.15, 0.2) is 5.78 Å². The van der Waals surface area contributed by atoms with Crippen LogP contribution in [-0.2, 0) is 9.53 Å². The molecule has 1 saturated heterocycles. The van der Waals surface area contributed by atoms with Crippen molar-refractivity contribution in [2.75, 3.05) is 0 Å². The van der Waals surface area contributed by atoms with Gasteiger partial charge in [-0.3, -0.25) is 4.79 Å². The molecular weight excluding hydrogens is 187 g/mol. The van der Waals surface area contributed by atoms with E-state index in [0.29, 0.717) is 0 Å². The predicted molar refractivity (Wildman–Crippen MR) is 42.1 cm³/mol. The number of hydrogen-bond donors (Lipinski definition) is 0. The topological polar surface area (TPSA) is 26.3 Å². The van der Waals surface area contributed by atoms with Crippen molar-refractivity contribution in [2.24, 2.45) is 0 Å². The molecular formula is C7H6Cl2O2. The van der Waals surface area contributed by atoms with Gasteiger partial charge in [-0.1, -0.05) is 12.2 Å². The predicted octanol–water partition coefficient (Wildman–Crippen LogP) is 1.11. The van der Waals surface area contributed by atoms with Crippen LogP contribution in [0.1, 0.15) is 0 Å². The summed E-state index contributed by atoms with van der Waals surface area (Å²) in [4.78, 5) is 11.2. The average Bonchev–Trinajstić information content (AvgIpc) is 2.44. The van der Waals surface area contributed by atoms with Crippen molar-refractivity contribution in [3.8, 4) is 0 Å². The van der Waals surface area contributed by atoms with Crippen molar-refractivity contribution in [3.05, 3.63) is 12.2 Å². The second-order valence-electron chi connectivity index (χ2n) is 2.66. The zero-order valence-corrected chi connectivity index (χ0v) is 7.05. The molecule has 4 atom stereocenters. The summed E-state index contributed by atoms with van der Waals surface area (Å²) in [5, 5.41) is -1.21. The van der Waals surface area contributed by atoms with Crippen molar-refractivity contribution in [1.29, 1.82) is 0 Å². The van der Waals surface area contributed by atoms with Crippen LogP contribution in [0.25, 0.3) is 0 Å². The molecule has 0 aromatic heterocycles. The van der Waals surface area contributed by atoms with Crippen LogP contribution in [0.3, 0.4) is 0 Å². The number of rotatable bonds is 0. The molecule has 0 aliphatic carbocycles. The zero-order valence-electron chi connectivity index (χ0n) is 5.54. The molecule has 0 saturated carbocycles. The lowest BCUT2D eigenvalue weighted by molar-refractivity contribution is -0.127. The summed E-state index contributed by atoms with van der Waals surface area (Å²) in [6.07, 6.45) is 3.07. The summed E-state index contributed by atoms with van der Waals surface area (Å²) in [6, 6.07) is 0. The van der Waals surface area contributed by atoms with E-state index in [1.165, 1.54) is 0 Å². The summed E-state index contributed by atoms with van der Waals surface area (Å²) < 4.78 is 5.30. The van der Waals surface area contributed by atoms with Gasteiger partial charge in [-0.25, -0.2) is 0 Å². The maximum Gasteiger partial charge on any atom is 0.174 e. The molecule has 2 nitrogen and oxygen atoms in total. The Balaban J connectivity index is 2.29. The van der Waals surface area contributed by atoms with Gasteiger partial charge in [0.1, 0.15) is 23.0 Å². The molecule has 0 aromatic rings. The summed E-state index contributed by atoms with van der Waals surface area (Å²) in [5.74, 6) is -0.125. The monoisotopic (exact) mass is 192 g/mol. The Morgan fingerprint density at radius 2 is 1.64 bits per heavy atom. The Bertz CT molecular complexity index is 206. The second kappa shape index (κ2) is 2.47. The van der Waals surface area contributed by atoms with E-state index in [4.69, 9.17) is 27.9 Å². The first-order valence-corrected chi connectivity index (χ1v) is 4.23. The Morgan fingerprint density at radius 1 is 1.18 bits per heavy atom. The number of ether oxygens (including phenoxy) is 1. The summed E-state index contributed by atoms with van der Waals surface area (Å²) in [7, 11) is 0. The fourth-order valence-corrected chi connectivity index (χ4v) is 1.92. The summed E-state index contributed by atoms with van der Waals surface area (Å²) in [6.45, 7) is 0. The Kier molecular flexibility index (Phi) is 1.71. The number of carbonyl (C=O) groups excluding carboxylic acids is 1. The summed E-state index contributed by atoms with van der Waals surface area (Å²) in [5.41, 5.74) is 0. The molecule has 60 valence electrons. The minimum absolute atomic E-state index is 0.125. The van der Waals surface area contributed by atoms with Crippen LogP contribution in [0.15, 0.2) is 12.2 Å². The van der Waals surface area contributed by atoms with Crippen LogP contribution >= 0.6 is 23.2 Å². The lowest BCUT2D eigenvalue weighted by Crippen LogP contribution is -2.45. The van der Waals surface area contributed by atoms with Gasteiger partial charge in [0.25, 0.3) is 0 Å². The fraction of sp³-hybridized carbons (Fsp3) is 0.571. The van der Waals surface area contributed by atoms with Gasteiger partial charge in [-0.2, -0.15) is 0 Å². The Hall–Kier alpha value is -0.0500. The molecule has 2 aliphatic heterocycles. The van der Waals surface area contributed by atoms with Crippen molar-refractivity contribution in [3.63, 3.8) is 0 Å². The molecule has 4 heteroatoms. The molecule has 0 spiro atoms. The molecule has 2 heterocycles. The quantitative estimate of drug-likeness (QED) is 0.425. The molecule has 1 fully saturated rings. The molecule has 2 bridgehead atoms. The number of fused-ring (bicyclic) bond motifs is 2. The highest BCUT2D eigenvalue weighted by atomic mass is 35.5. The van der Waals surface area contributed by atoms with Crippen molar-refractivity contribution < 1.29 is 9.53 Å². The summed E-state index contributed by atoms with van der Waals surface area (Å²) >= 11 is 11.5. The van der Waals surface area contributed by atoms with E-state index in [-0.39, 0.29) is 18.0 Å². The van der Waals surface area contributed by atoms with Crippen molar-refractivity contribution >= 4 is 29.0 Å². The first-order chi connectivity index (χ1) is 5.20. The Labute approximate surface area is 74.1 Å². The van der Waals surface area contributed by atoms with Crippen molar-refractivity contribution in [1.82, 2.24) is 0 Å². The molecule has 0 aromatic carbocycles. The third-order valence-electron chi connectivity index (χ3n) is 1.93. The number of alkyl halides is 2. The number of hydrogen-bond acceptors (Lipinski definition) is 2. The van der Waals surface area contributed by atoms with E-state index >= 15 is 0 Å². The SMILES string of the molecule is O=C1C(Cl)[C@@H]2C=C[C@@H](O2)C1Cl. The molecule has 2 aliphatic rings. The number of Topliss-reactive ketones (excluding diaryl/α,β-unsaturated/α-hetero) is 1. The van der Waals surface area contributed by atoms with Gasteiger partial charge in [-0.05, 0) is 0 Å². The van der Waals surface area contributed by atoms with E-state index < -0.39 is 10.8 Å². The van der Waals surface area contributed by atoms with Crippen LogP contribution in [0.5, 0.6) is 0 Å². The van der Waals surface area contributed by atoms with E-state index in [2.05, 4.69) is 0 Å². The minimum atomic E-state index is -0.604. The lowest BCUT2D eigenvalue weighted by atomic mass is 10.1. The first-order valence-electron chi connectivity index (χ1n) is 3.36. The standard InChI is InChI=1S/C7H6Cl2O2/c8-5-3-1-2-4(11-3)6(9)7(5)10/h1-6H/t3-,4+,5?,6?. The largest absolute Gasteiger partial charge is 0.363 e. The average molecular weight is 193 g/mol. The normalized spacial score (nSPS) is 48.4. The molecule has 0 radical (unpaired) electrons. The fourth-order valence-electron chi connectivity index (χ4n) is 1.30. The number of ketones is 1.